The minimum Gasteiger partial charge on any atom is -0.486 e. The van der Waals surface area contributed by atoms with Gasteiger partial charge in [-0.05, 0) is 37.1 Å². The first-order valence-electron chi connectivity index (χ1n) is 10.4. The summed E-state index contributed by atoms with van der Waals surface area (Å²) in [5.74, 6) is -0.0661. The molecule has 32 heavy (non-hydrogen) atoms. The summed E-state index contributed by atoms with van der Waals surface area (Å²) < 4.78 is 16.4. The molecule has 2 aliphatic rings. The highest BCUT2D eigenvalue weighted by molar-refractivity contribution is 5.93. The summed E-state index contributed by atoms with van der Waals surface area (Å²) in [7, 11) is 0. The van der Waals surface area contributed by atoms with Crippen LogP contribution in [0.15, 0.2) is 42.5 Å². The van der Waals surface area contributed by atoms with Crippen molar-refractivity contribution in [2.45, 2.75) is 18.9 Å². The zero-order valence-electron chi connectivity index (χ0n) is 17.3. The van der Waals surface area contributed by atoms with Crippen molar-refractivity contribution < 1.29 is 28.7 Å². The quantitative estimate of drug-likeness (QED) is 0.395. The molecule has 1 fully saturated rings. The van der Waals surface area contributed by atoms with Gasteiger partial charge in [0.2, 0.25) is 0 Å². The molecule has 0 bridgehead atoms. The van der Waals surface area contributed by atoms with Crippen LogP contribution in [0.25, 0.3) is 0 Å². The van der Waals surface area contributed by atoms with E-state index < -0.39 is 23.4 Å². The minimum absolute atomic E-state index is 0.0214. The van der Waals surface area contributed by atoms with Crippen molar-refractivity contribution in [3.63, 3.8) is 0 Å². The molecule has 1 saturated heterocycles. The predicted molar refractivity (Wildman–Crippen MR) is 114 cm³/mol. The molecule has 2 aromatic carbocycles. The van der Waals surface area contributed by atoms with Crippen LogP contribution in [-0.2, 0) is 9.53 Å². The number of rotatable bonds is 7. The molecule has 2 aromatic rings. The molecule has 0 radical (unpaired) electrons. The summed E-state index contributed by atoms with van der Waals surface area (Å²) in [4.78, 5) is 37.3. The number of nitrogens with one attached hydrogen (secondary N) is 1. The molecule has 0 unspecified atom stereocenters. The number of nitrogens with zero attached hydrogens (tertiary/aromatic N) is 2. The number of carbonyl (C=O) groups excluding carboxylic acids is 2. The van der Waals surface area contributed by atoms with Crippen molar-refractivity contribution in [3.05, 3.63) is 58.1 Å². The van der Waals surface area contributed by atoms with Crippen LogP contribution in [0.1, 0.15) is 23.2 Å². The van der Waals surface area contributed by atoms with Crippen molar-refractivity contribution in [3.8, 4) is 11.5 Å². The van der Waals surface area contributed by atoms with E-state index in [2.05, 4.69) is 5.32 Å². The molecule has 10 nitrogen and oxygen atoms in total. The van der Waals surface area contributed by atoms with Gasteiger partial charge in [-0.2, -0.15) is 0 Å². The maximum absolute atomic E-state index is 12.3. The van der Waals surface area contributed by atoms with Crippen LogP contribution in [0, 0.1) is 10.1 Å². The van der Waals surface area contributed by atoms with Crippen LogP contribution in [-0.4, -0.2) is 55.8 Å². The topological polar surface area (TPSA) is 120 Å². The third kappa shape index (κ3) is 4.90. The van der Waals surface area contributed by atoms with Crippen LogP contribution in [0.4, 0.5) is 11.4 Å². The fourth-order valence-electron chi connectivity index (χ4n) is 3.68. The second-order valence-electron chi connectivity index (χ2n) is 7.53. The fraction of sp³-hybridized carbons (Fsp3) is 0.364. The SMILES string of the molecule is O=C(COC(=O)c1ccc(N2CCCC2)c([N+](=O)[O-])c1)NC[C@@H]1COc2ccccc2O1. The normalized spacial score (nSPS) is 17.0. The number of carbonyl (C=O) groups is 2. The van der Waals surface area contributed by atoms with E-state index >= 15 is 0 Å². The van der Waals surface area contributed by atoms with Gasteiger partial charge in [0.1, 0.15) is 18.4 Å². The van der Waals surface area contributed by atoms with Crippen LogP contribution in [0.5, 0.6) is 11.5 Å². The number of hydrogen-bond donors (Lipinski definition) is 1. The number of hydrogen-bond acceptors (Lipinski definition) is 8. The van der Waals surface area contributed by atoms with E-state index in [4.69, 9.17) is 14.2 Å². The third-order valence-electron chi connectivity index (χ3n) is 5.28. The number of amides is 1. The number of para-hydroxylation sites is 2. The Hall–Kier alpha value is -3.82. The summed E-state index contributed by atoms with van der Waals surface area (Å²) in [6, 6.07) is 11.5. The highest BCUT2D eigenvalue weighted by Crippen LogP contribution is 2.32. The fourth-order valence-corrected chi connectivity index (χ4v) is 3.68. The van der Waals surface area contributed by atoms with Gasteiger partial charge < -0.3 is 24.4 Å². The van der Waals surface area contributed by atoms with Crippen molar-refractivity contribution >= 4 is 23.3 Å². The number of esters is 1. The van der Waals surface area contributed by atoms with Gasteiger partial charge in [0.05, 0.1) is 17.0 Å². The third-order valence-corrected chi connectivity index (χ3v) is 5.28. The van der Waals surface area contributed by atoms with Gasteiger partial charge in [0.25, 0.3) is 11.6 Å². The molecule has 168 valence electrons. The lowest BCUT2D eigenvalue weighted by Crippen LogP contribution is -2.42. The molecule has 2 aliphatic heterocycles. The minimum atomic E-state index is -0.803. The Bertz CT molecular complexity index is 1020. The maximum Gasteiger partial charge on any atom is 0.338 e. The van der Waals surface area contributed by atoms with Gasteiger partial charge in [-0.1, -0.05) is 12.1 Å². The molecule has 4 rings (SSSR count). The molecule has 1 amide bonds. The lowest BCUT2D eigenvalue weighted by molar-refractivity contribution is -0.384. The highest BCUT2D eigenvalue weighted by atomic mass is 16.6. The van der Waals surface area contributed by atoms with Crippen LogP contribution < -0.4 is 19.7 Å². The van der Waals surface area contributed by atoms with Gasteiger partial charge in [-0.25, -0.2) is 4.79 Å². The Morgan fingerprint density at radius 3 is 2.66 bits per heavy atom. The van der Waals surface area contributed by atoms with Gasteiger partial charge in [0.15, 0.2) is 18.1 Å². The number of nitro benzene ring substituents is 1. The molecule has 1 atom stereocenters. The average molecular weight is 441 g/mol. The molecule has 2 heterocycles. The Labute approximate surface area is 184 Å². The molecular formula is C22H23N3O7. The summed E-state index contributed by atoms with van der Waals surface area (Å²) >= 11 is 0. The van der Waals surface area contributed by atoms with Gasteiger partial charge in [0, 0.05) is 19.2 Å². The number of benzene rings is 2. The molecule has 0 saturated carbocycles. The number of nitro groups is 1. The summed E-state index contributed by atoms with van der Waals surface area (Å²) in [6.07, 6.45) is 1.58. The van der Waals surface area contributed by atoms with Crippen molar-refractivity contribution in [1.82, 2.24) is 5.32 Å². The summed E-state index contributed by atoms with van der Waals surface area (Å²) in [5, 5.41) is 14.1. The summed E-state index contributed by atoms with van der Waals surface area (Å²) in [5.41, 5.74) is 0.353. The average Bonchev–Trinajstić information content (AvgIpc) is 3.35. The highest BCUT2D eigenvalue weighted by Gasteiger charge is 2.25. The van der Waals surface area contributed by atoms with E-state index in [0.29, 0.717) is 17.2 Å². The van der Waals surface area contributed by atoms with Crippen molar-refractivity contribution in [1.29, 1.82) is 0 Å². The van der Waals surface area contributed by atoms with Gasteiger partial charge in [-0.15, -0.1) is 0 Å². The van der Waals surface area contributed by atoms with E-state index in [1.54, 1.807) is 18.2 Å². The van der Waals surface area contributed by atoms with E-state index in [1.807, 2.05) is 17.0 Å². The molecular weight excluding hydrogens is 418 g/mol. The molecule has 0 aromatic heterocycles. The zero-order chi connectivity index (χ0) is 22.5. The van der Waals surface area contributed by atoms with Crippen molar-refractivity contribution in [2.24, 2.45) is 0 Å². The predicted octanol–water partition coefficient (Wildman–Crippen LogP) is 2.31. The first kappa shape index (κ1) is 21.4. The van der Waals surface area contributed by atoms with Crippen LogP contribution in [0.2, 0.25) is 0 Å². The maximum atomic E-state index is 12.3. The molecule has 1 N–H and O–H groups in total. The first-order valence-corrected chi connectivity index (χ1v) is 10.4. The second kappa shape index (κ2) is 9.54. The molecule has 10 heteroatoms. The number of fused-ring (bicyclic) bond motifs is 1. The first-order chi connectivity index (χ1) is 15.5. The Morgan fingerprint density at radius 1 is 1.16 bits per heavy atom. The number of anilines is 1. The largest absolute Gasteiger partial charge is 0.486 e. The van der Waals surface area contributed by atoms with Gasteiger partial charge >= 0.3 is 5.97 Å². The van der Waals surface area contributed by atoms with Crippen LogP contribution in [0.3, 0.4) is 0 Å². The Morgan fingerprint density at radius 2 is 1.91 bits per heavy atom. The van der Waals surface area contributed by atoms with E-state index in [0.717, 1.165) is 25.9 Å². The van der Waals surface area contributed by atoms with Gasteiger partial charge in [-0.3, -0.25) is 14.9 Å². The lowest BCUT2D eigenvalue weighted by atomic mass is 10.1. The second-order valence-corrected chi connectivity index (χ2v) is 7.53. The van der Waals surface area contributed by atoms with Crippen LogP contribution >= 0.6 is 0 Å². The van der Waals surface area contributed by atoms with E-state index in [-0.39, 0.29) is 30.5 Å². The smallest absolute Gasteiger partial charge is 0.338 e. The lowest BCUT2D eigenvalue weighted by Gasteiger charge is -2.26. The van der Waals surface area contributed by atoms with E-state index in [1.165, 1.54) is 12.1 Å². The molecule has 0 aliphatic carbocycles. The van der Waals surface area contributed by atoms with Crippen molar-refractivity contribution in [2.75, 3.05) is 37.7 Å². The number of ether oxygens (including phenoxy) is 3. The molecule has 0 spiro atoms. The monoisotopic (exact) mass is 441 g/mol. The Kier molecular flexibility index (Phi) is 6.39. The standard InChI is InChI=1S/C22H23N3O7/c26-21(23-12-16-13-30-19-5-1-2-6-20(19)32-16)14-31-22(27)15-7-8-17(18(11-15)25(28)29)24-9-3-4-10-24/h1-2,5-8,11,16H,3-4,9-10,12-14H2,(H,23,26)/t16-/m1/s1. The zero-order valence-corrected chi connectivity index (χ0v) is 17.3. The summed E-state index contributed by atoms with van der Waals surface area (Å²) in [6.45, 7) is 1.44. The van der Waals surface area contributed by atoms with E-state index in [9.17, 15) is 19.7 Å². The Balaban J connectivity index is 1.28.